The van der Waals surface area contributed by atoms with Gasteiger partial charge in [-0.3, -0.25) is 4.79 Å². The Labute approximate surface area is 167 Å². The number of carbonyl (C=O) groups is 1. The second-order valence-corrected chi connectivity index (χ2v) is 6.15. The quantitative estimate of drug-likeness (QED) is 0.364. The van der Waals surface area contributed by atoms with Crippen molar-refractivity contribution in [1.29, 1.82) is 0 Å². The molecule has 7 heteroatoms. The molecule has 0 heterocycles. The zero-order valence-corrected chi connectivity index (χ0v) is 15.8. The zero-order chi connectivity index (χ0) is 20.6. The third kappa shape index (κ3) is 5.55. The number of benzene rings is 3. The largest absolute Gasteiger partial charge is 0.493 e. The van der Waals surface area contributed by atoms with Gasteiger partial charge in [-0.2, -0.15) is 5.10 Å². The Morgan fingerprint density at radius 1 is 1.07 bits per heavy atom. The van der Waals surface area contributed by atoms with Gasteiger partial charge in [-0.25, -0.2) is 9.82 Å². The lowest BCUT2D eigenvalue weighted by atomic mass is 10.2. The highest BCUT2D eigenvalue weighted by Crippen LogP contribution is 2.28. The van der Waals surface area contributed by atoms with E-state index in [2.05, 4.69) is 10.5 Å². The predicted octanol–water partition coefficient (Wildman–Crippen LogP) is 3.76. The van der Waals surface area contributed by atoms with Gasteiger partial charge in [0.25, 0.3) is 5.91 Å². The van der Waals surface area contributed by atoms with Crippen molar-refractivity contribution in [2.24, 2.45) is 5.10 Å². The maximum atomic E-state index is 13.0. The number of amides is 1. The molecular formula is C22H20FN3O3. The molecule has 0 fully saturated rings. The van der Waals surface area contributed by atoms with Gasteiger partial charge in [0.05, 0.1) is 13.3 Å². The molecule has 0 saturated heterocycles. The summed E-state index contributed by atoms with van der Waals surface area (Å²) in [5.74, 6) is 0.423. The molecule has 0 aromatic heterocycles. The van der Waals surface area contributed by atoms with Crippen LogP contribution in [0.2, 0.25) is 0 Å². The Morgan fingerprint density at radius 3 is 2.48 bits per heavy atom. The van der Waals surface area contributed by atoms with Gasteiger partial charge >= 0.3 is 0 Å². The number of hydrazone groups is 1. The fourth-order valence-corrected chi connectivity index (χ4v) is 2.49. The van der Waals surface area contributed by atoms with E-state index in [1.807, 2.05) is 0 Å². The molecule has 3 rings (SSSR count). The Bertz CT molecular complexity index is 1000. The number of ether oxygens (including phenoxy) is 2. The van der Waals surface area contributed by atoms with Crippen LogP contribution < -0.4 is 20.6 Å². The molecule has 0 aliphatic rings. The van der Waals surface area contributed by atoms with Crippen molar-refractivity contribution in [2.45, 2.75) is 6.61 Å². The summed E-state index contributed by atoms with van der Waals surface area (Å²) in [4.78, 5) is 12.0. The summed E-state index contributed by atoms with van der Waals surface area (Å²) in [7, 11) is 1.53. The van der Waals surface area contributed by atoms with Crippen LogP contribution in [-0.4, -0.2) is 19.2 Å². The van der Waals surface area contributed by atoms with Crippen LogP contribution in [0.15, 0.2) is 71.8 Å². The zero-order valence-electron chi connectivity index (χ0n) is 15.8. The lowest BCUT2D eigenvalue weighted by molar-refractivity contribution is 0.0955. The SMILES string of the molecule is COc1cc(/C=N\NC(=O)c2ccc(N)cc2)ccc1OCc1ccc(F)cc1. The van der Waals surface area contributed by atoms with E-state index in [1.165, 1.54) is 25.5 Å². The van der Waals surface area contributed by atoms with Crippen molar-refractivity contribution in [3.8, 4) is 11.5 Å². The molecule has 0 saturated carbocycles. The fraction of sp³-hybridized carbons (Fsp3) is 0.0909. The number of hydrogen-bond donors (Lipinski definition) is 2. The molecule has 6 nitrogen and oxygen atoms in total. The second kappa shape index (κ2) is 9.36. The summed E-state index contributed by atoms with van der Waals surface area (Å²) in [5.41, 5.74) is 10.7. The van der Waals surface area contributed by atoms with Gasteiger partial charge < -0.3 is 15.2 Å². The van der Waals surface area contributed by atoms with Gasteiger partial charge in [0.2, 0.25) is 0 Å². The van der Waals surface area contributed by atoms with Crippen LogP contribution in [-0.2, 0) is 6.61 Å². The number of nitrogens with two attached hydrogens (primary N) is 1. The van der Waals surface area contributed by atoms with Crippen LogP contribution in [0.1, 0.15) is 21.5 Å². The van der Waals surface area contributed by atoms with Crippen molar-refractivity contribution in [3.05, 3.63) is 89.2 Å². The smallest absolute Gasteiger partial charge is 0.271 e. The van der Waals surface area contributed by atoms with E-state index in [4.69, 9.17) is 15.2 Å². The number of nitrogens with zero attached hydrogens (tertiary/aromatic N) is 1. The summed E-state index contributed by atoms with van der Waals surface area (Å²) < 4.78 is 24.1. The Hall–Kier alpha value is -3.87. The highest BCUT2D eigenvalue weighted by molar-refractivity contribution is 5.95. The minimum absolute atomic E-state index is 0.279. The van der Waals surface area contributed by atoms with E-state index in [9.17, 15) is 9.18 Å². The normalized spacial score (nSPS) is 10.7. The van der Waals surface area contributed by atoms with Gasteiger partial charge in [0.15, 0.2) is 11.5 Å². The minimum atomic E-state index is -0.340. The van der Waals surface area contributed by atoms with Crippen LogP contribution in [0.5, 0.6) is 11.5 Å². The van der Waals surface area contributed by atoms with Gasteiger partial charge in [0.1, 0.15) is 12.4 Å². The third-order valence-electron chi connectivity index (χ3n) is 4.05. The van der Waals surface area contributed by atoms with E-state index in [-0.39, 0.29) is 18.3 Å². The summed E-state index contributed by atoms with van der Waals surface area (Å²) in [6.45, 7) is 0.279. The number of halogens is 1. The molecule has 0 spiro atoms. The number of rotatable bonds is 7. The topological polar surface area (TPSA) is 85.9 Å². The van der Waals surface area contributed by atoms with E-state index < -0.39 is 0 Å². The molecule has 3 N–H and O–H groups in total. The monoisotopic (exact) mass is 393 g/mol. The number of anilines is 1. The Morgan fingerprint density at radius 2 is 1.79 bits per heavy atom. The van der Waals surface area contributed by atoms with Crippen LogP contribution in [0, 0.1) is 5.82 Å². The van der Waals surface area contributed by atoms with Crippen molar-refractivity contribution >= 4 is 17.8 Å². The van der Waals surface area contributed by atoms with Crippen LogP contribution in [0.3, 0.4) is 0 Å². The van der Waals surface area contributed by atoms with Crippen LogP contribution in [0.4, 0.5) is 10.1 Å². The number of carbonyl (C=O) groups excluding carboxylic acids is 1. The molecule has 0 aliphatic heterocycles. The van der Waals surface area contributed by atoms with Crippen molar-refractivity contribution in [3.63, 3.8) is 0 Å². The van der Waals surface area contributed by atoms with E-state index in [0.717, 1.165) is 5.56 Å². The molecule has 0 bridgehead atoms. The molecule has 29 heavy (non-hydrogen) atoms. The lowest BCUT2D eigenvalue weighted by Gasteiger charge is -2.11. The number of hydrogen-bond acceptors (Lipinski definition) is 5. The molecule has 3 aromatic rings. The molecule has 148 valence electrons. The van der Waals surface area contributed by atoms with E-state index in [0.29, 0.717) is 28.3 Å². The van der Waals surface area contributed by atoms with Crippen LogP contribution in [0.25, 0.3) is 0 Å². The molecule has 0 aliphatic carbocycles. The molecular weight excluding hydrogens is 373 g/mol. The van der Waals surface area contributed by atoms with Gasteiger partial charge in [-0.05, 0) is 65.7 Å². The Balaban J connectivity index is 1.61. The van der Waals surface area contributed by atoms with Crippen molar-refractivity contribution in [1.82, 2.24) is 5.43 Å². The van der Waals surface area contributed by atoms with Crippen molar-refractivity contribution < 1.29 is 18.7 Å². The molecule has 3 aromatic carbocycles. The van der Waals surface area contributed by atoms with Gasteiger partial charge in [0, 0.05) is 11.3 Å². The van der Waals surface area contributed by atoms with E-state index in [1.54, 1.807) is 54.6 Å². The predicted molar refractivity (Wildman–Crippen MR) is 110 cm³/mol. The standard InChI is InChI=1S/C22H20FN3O3/c1-28-21-12-16(13-25-26-22(27)17-5-9-19(24)10-6-17)4-11-20(21)29-14-15-2-7-18(23)8-3-15/h2-13H,14,24H2,1H3,(H,26,27)/b25-13-. The first kappa shape index (κ1) is 19.9. The first-order valence-electron chi connectivity index (χ1n) is 8.79. The average molecular weight is 393 g/mol. The van der Waals surface area contributed by atoms with Gasteiger partial charge in [-0.1, -0.05) is 12.1 Å². The molecule has 1 amide bonds. The highest BCUT2D eigenvalue weighted by Gasteiger charge is 2.07. The highest BCUT2D eigenvalue weighted by atomic mass is 19.1. The first-order chi connectivity index (χ1) is 14.0. The van der Waals surface area contributed by atoms with Crippen molar-refractivity contribution in [2.75, 3.05) is 12.8 Å². The fourth-order valence-electron chi connectivity index (χ4n) is 2.49. The maximum Gasteiger partial charge on any atom is 0.271 e. The maximum absolute atomic E-state index is 13.0. The molecule has 0 atom stereocenters. The summed E-state index contributed by atoms with van der Waals surface area (Å²) in [6, 6.07) is 17.9. The lowest BCUT2D eigenvalue weighted by Crippen LogP contribution is -2.17. The summed E-state index contributed by atoms with van der Waals surface area (Å²) in [6.07, 6.45) is 1.50. The first-order valence-corrected chi connectivity index (χ1v) is 8.79. The second-order valence-electron chi connectivity index (χ2n) is 6.15. The number of nitrogen functional groups attached to an aromatic ring is 1. The number of methoxy groups -OCH3 is 1. The molecule has 0 unspecified atom stereocenters. The Kier molecular flexibility index (Phi) is 6.42. The summed E-state index contributed by atoms with van der Waals surface area (Å²) >= 11 is 0. The average Bonchev–Trinajstić information content (AvgIpc) is 2.74. The van der Waals surface area contributed by atoms with Crippen LogP contribution >= 0.6 is 0 Å². The summed E-state index contributed by atoms with van der Waals surface area (Å²) in [5, 5.41) is 3.96. The third-order valence-corrected chi connectivity index (χ3v) is 4.05. The van der Waals surface area contributed by atoms with E-state index >= 15 is 0 Å². The minimum Gasteiger partial charge on any atom is -0.493 e. The molecule has 0 radical (unpaired) electrons. The number of nitrogens with one attached hydrogen (secondary N) is 1. The van der Waals surface area contributed by atoms with Gasteiger partial charge in [-0.15, -0.1) is 0 Å².